The molecule has 8 bridgehead atoms. The van der Waals surface area contributed by atoms with Crippen molar-refractivity contribution in [3.05, 3.63) is 76.6 Å². The van der Waals surface area contributed by atoms with E-state index in [0.29, 0.717) is 45.4 Å². The van der Waals surface area contributed by atoms with E-state index in [-0.39, 0.29) is 39.1 Å². The molecule has 0 aromatic heterocycles. The Morgan fingerprint density at radius 1 is 0.542 bits per heavy atom. The average Bonchev–Trinajstić information content (AvgIpc) is 2.93. The lowest BCUT2D eigenvalue weighted by molar-refractivity contribution is 0.285. The van der Waals surface area contributed by atoms with Crippen LogP contribution in [-0.4, -0.2) is 115 Å². The third-order valence-electron chi connectivity index (χ3n) is 6.95. The molecule has 5 rings (SSSR count). The first-order chi connectivity index (χ1) is 21.9. The number of hydrogen-bond donors (Lipinski definition) is 8. The number of thioether (sulfide) groups is 2. The summed E-state index contributed by atoms with van der Waals surface area (Å²) < 4.78 is 137. The van der Waals surface area contributed by atoms with E-state index in [1.54, 1.807) is 0 Å². The third kappa shape index (κ3) is 7.87. The Morgan fingerprint density at radius 2 is 0.917 bits per heavy atom. The van der Waals surface area contributed by atoms with E-state index in [0.717, 1.165) is 36.5 Å². The second-order valence-corrected chi connectivity index (χ2v) is 20.9. The summed E-state index contributed by atoms with van der Waals surface area (Å²) in [7, 11) is -19.0. The van der Waals surface area contributed by atoms with E-state index in [9.17, 15) is 72.3 Å². The Balaban J connectivity index is 1.91. The molecule has 4 atom stereocenters. The van der Waals surface area contributed by atoms with Crippen LogP contribution in [0.25, 0.3) is 0 Å². The van der Waals surface area contributed by atoms with Gasteiger partial charge in [-0.1, -0.05) is 23.5 Å². The Hall–Kier alpha value is -1.88. The monoisotopic (exact) mass is 822 g/mol. The SMILES string of the molecule is O=S(=O)(O)C1=CC2=S=C3CC(S(=O)(=O)O)CC(=C3O)SC3=CC(S(=O)(=O)O)=CC(=S=C4C=C(S(=O)(=O)O)C=C(SC(=C1)C2O)C4O)C3O. The molecule has 0 aromatic rings. The van der Waals surface area contributed by atoms with Crippen molar-refractivity contribution in [1.29, 1.82) is 0 Å². The number of aliphatic hydroxyl groups is 4. The Kier molecular flexibility index (Phi) is 10.1. The van der Waals surface area contributed by atoms with E-state index in [1.165, 1.54) is 0 Å². The van der Waals surface area contributed by atoms with Gasteiger partial charge in [0.2, 0.25) is 0 Å². The van der Waals surface area contributed by atoms with Crippen molar-refractivity contribution in [2.24, 2.45) is 0 Å². The molecule has 16 nitrogen and oxygen atoms in total. The van der Waals surface area contributed by atoms with Crippen molar-refractivity contribution in [2.45, 2.75) is 36.4 Å². The number of allylic oxidation sites excluding steroid dienone is 5. The lowest BCUT2D eigenvalue weighted by Crippen LogP contribution is -2.31. The highest BCUT2D eigenvalue weighted by Crippen LogP contribution is 2.43. The minimum atomic E-state index is -5.01. The van der Waals surface area contributed by atoms with Crippen LogP contribution in [-0.2, 0) is 40.5 Å². The summed E-state index contributed by atoms with van der Waals surface area (Å²) in [6.07, 6.45) is -1.74. The van der Waals surface area contributed by atoms with Crippen LogP contribution in [0.2, 0.25) is 0 Å². The maximum absolute atomic E-state index is 12.3. The fraction of sp³-hybridized carbons (Fsp3) is 0.250. The van der Waals surface area contributed by atoms with Crippen molar-refractivity contribution in [3.63, 3.8) is 0 Å². The van der Waals surface area contributed by atoms with E-state index in [1.807, 2.05) is 0 Å². The van der Waals surface area contributed by atoms with Gasteiger partial charge in [0.25, 0.3) is 40.5 Å². The van der Waals surface area contributed by atoms with Gasteiger partial charge in [0.1, 0.15) is 24.1 Å². The Morgan fingerprint density at radius 3 is 1.29 bits per heavy atom. The fourth-order valence-electron chi connectivity index (χ4n) is 4.60. The predicted molar refractivity (Wildman–Crippen MR) is 186 cm³/mol. The molecule has 4 aliphatic carbocycles. The summed E-state index contributed by atoms with van der Waals surface area (Å²) in [6.45, 7) is 0. The minimum Gasteiger partial charge on any atom is -0.506 e. The lowest BCUT2D eigenvalue weighted by Gasteiger charge is -2.28. The van der Waals surface area contributed by atoms with Crippen molar-refractivity contribution < 1.29 is 72.3 Å². The minimum absolute atomic E-state index is 0.246. The molecule has 262 valence electrons. The predicted octanol–water partition coefficient (Wildman–Crippen LogP) is 0.533. The molecule has 0 amide bonds. The van der Waals surface area contributed by atoms with Crippen LogP contribution in [0.5, 0.6) is 0 Å². The number of hydrogen-bond acceptors (Lipinski definition) is 14. The molecule has 5 aliphatic rings. The molecule has 1 aliphatic heterocycles. The zero-order valence-electron chi connectivity index (χ0n) is 23.3. The molecule has 4 unspecified atom stereocenters. The molecule has 1 heterocycles. The smallest absolute Gasteiger partial charge is 0.294 e. The van der Waals surface area contributed by atoms with Crippen molar-refractivity contribution in [1.82, 2.24) is 0 Å². The van der Waals surface area contributed by atoms with Crippen LogP contribution < -0.4 is 0 Å². The summed E-state index contributed by atoms with van der Waals surface area (Å²) >= 11 is 0.869. The van der Waals surface area contributed by atoms with Crippen LogP contribution in [0.3, 0.4) is 0 Å². The number of rotatable bonds is 4. The largest absolute Gasteiger partial charge is 0.506 e. The molecule has 8 N–H and O–H groups in total. The molecule has 0 aromatic carbocycles. The molecule has 0 spiro atoms. The first-order valence-electron chi connectivity index (χ1n) is 12.8. The van der Waals surface area contributed by atoms with Gasteiger partial charge in [-0.2, -0.15) is 33.7 Å². The van der Waals surface area contributed by atoms with Crippen LogP contribution in [0.1, 0.15) is 12.8 Å². The van der Waals surface area contributed by atoms with Gasteiger partial charge in [0.15, 0.2) is 0 Å². The summed E-state index contributed by atoms with van der Waals surface area (Å²) in [5, 5.41) is 43.5. The Labute approximate surface area is 288 Å². The summed E-state index contributed by atoms with van der Waals surface area (Å²) in [5.74, 6) is -0.627. The van der Waals surface area contributed by atoms with E-state index in [4.69, 9.17) is 0 Å². The van der Waals surface area contributed by atoms with Gasteiger partial charge in [0, 0.05) is 51.9 Å². The summed E-state index contributed by atoms with van der Waals surface area (Å²) in [4.78, 5) is -4.89. The molecular formula is C24H22O16S8. The van der Waals surface area contributed by atoms with Crippen LogP contribution in [0.15, 0.2) is 76.6 Å². The molecular weight excluding hydrogens is 801 g/mol. The van der Waals surface area contributed by atoms with Crippen molar-refractivity contribution >= 4 is 105 Å². The standard InChI is InChI=1S/C24H22O16S8/c25-21-13-1-9(45(29,30)31)2-14(21)42-17-5-11(47(35,36)37)6-18(23(17)27)44-20-8-12(48(38,39)40)7-19(24(20)28)43-16-4-10(46(32,33)34)3-15(41-13)22(16)26/h1-6,12,21-23,25-28H,7-8H2,(H,29,30,31)(H,32,33,34)(H,35,36,37)(H,38,39,40). The van der Waals surface area contributed by atoms with Crippen molar-refractivity contribution in [3.8, 4) is 0 Å². The average molecular weight is 823 g/mol. The molecule has 0 fully saturated rings. The van der Waals surface area contributed by atoms with Gasteiger partial charge in [0.05, 0.1) is 20.0 Å². The van der Waals surface area contributed by atoms with Gasteiger partial charge in [-0.25, -0.2) is 0 Å². The highest BCUT2D eigenvalue weighted by Gasteiger charge is 2.37. The lowest BCUT2D eigenvalue weighted by atomic mass is 10.1. The molecule has 0 radical (unpaired) electrons. The van der Waals surface area contributed by atoms with Crippen molar-refractivity contribution in [2.75, 3.05) is 0 Å². The number of aliphatic hydroxyl groups excluding tert-OH is 4. The van der Waals surface area contributed by atoms with Crippen LogP contribution in [0.4, 0.5) is 0 Å². The summed E-state index contributed by atoms with van der Waals surface area (Å²) in [6, 6.07) is 0. The normalized spacial score (nSPS) is 27.5. The molecule has 0 saturated carbocycles. The van der Waals surface area contributed by atoms with Crippen LogP contribution in [0, 0.1) is 0 Å². The van der Waals surface area contributed by atoms with Gasteiger partial charge in [-0.3, -0.25) is 18.2 Å². The van der Waals surface area contributed by atoms with Gasteiger partial charge < -0.3 is 20.4 Å². The number of fused-ring (bicyclic) bond motifs is 7. The zero-order valence-corrected chi connectivity index (χ0v) is 29.8. The van der Waals surface area contributed by atoms with E-state index < -0.39 is 97.4 Å². The molecule has 24 heteroatoms. The highest BCUT2D eigenvalue weighted by molar-refractivity contribution is 8.08. The maximum Gasteiger partial charge on any atom is 0.294 e. The van der Waals surface area contributed by atoms with Gasteiger partial charge in [-0.05, 0) is 36.5 Å². The van der Waals surface area contributed by atoms with Gasteiger partial charge >= 0.3 is 0 Å². The first kappa shape index (κ1) is 37.4. The summed E-state index contributed by atoms with van der Waals surface area (Å²) in [5.41, 5.74) is 0. The molecule has 0 saturated heterocycles. The van der Waals surface area contributed by atoms with E-state index in [2.05, 4.69) is 0 Å². The third-order valence-corrected chi connectivity index (χ3v) is 15.3. The molecule has 48 heavy (non-hydrogen) atoms. The second-order valence-electron chi connectivity index (χ2n) is 10.3. The first-order valence-corrected chi connectivity index (χ1v) is 21.9. The van der Waals surface area contributed by atoms with Gasteiger partial charge in [-0.15, -0.1) is 21.9 Å². The quantitative estimate of drug-likeness (QED) is 0.142. The zero-order chi connectivity index (χ0) is 35.7. The Bertz CT molecular complexity index is 2360. The van der Waals surface area contributed by atoms with E-state index >= 15 is 0 Å². The topological polar surface area (TPSA) is 298 Å². The highest BCUT2D eigenvalue weighted by atomic mass is 32.2. The van der Waals surface area contributed by atoms with Crippen LogP contribution >= 0.6 is 45.4 Å². The fourth-order valence-corrected chi connectivity index (χ4v) is 12.6. The second kappa shape index (κ2) is 13.0. The maximum atomic E-state index is 12.3.